The number of aliphatic hydroxyl groups excluding tert-OH is 1. The molecule has 0 aromatic carbocycles. The third kappa shape index (κ3) is 4.74. The number of aliphatic hydroxyl groups is 2. The van der Waals surface area contributed by atoms with Gasteiger partial charge >= 0.3 is 11.9 Å². The first-order valence-corrected chi connectivity index (χ1v) is 13.1. The molecule has 0 aromatic rings. The molecule has 0 radical (unpaired) electrons. The number of carbonyl (C=O) groups excluding carboxylic acids is 4. The summed E-state index contributed by atoms with van der Waals surface area (Å²) in [4.78, 5) is 59.5. The van der Waals surface area contributed by atoms with E-state index in [-0.39, 0.29) is 54.6 Å². The first-order valence-electron chi connectivity index (χ1n) is 13.1. The summed E-state index contributed by atoms with van der Waals surface area (Å²) in [5, 5.41) is 33.8. The maximum Gasteiger partial charge on any atom is 0.322 e. The molecule has 10 nitrogen and oxygen atoms in total. The predicted molar refractivity (Wildman–Crippen MR) is 129 cm³/mol. The van der Waals surface area contributed by atoms with Gasteiger partial charge in [0, 0.05) is 18.3 Å². The second-order valence-corrected chi connectivity index (χ2v) is 11.7. The van der Waals surface area contributed by atoms with Crippen molar-refractivity contribution in [2.75, 3.05) is 13.2 Å². The van der Waals surface area contributed by atoms with Crippen molar-refractivity contribution in [3.05, 3.63) is 11.6 Å². The van der Waals surface area contributed by atoms with Crippen LogP contribution < -0.4 is 5.32 Å². The van der Waals surface area contributed by atoms with Gasteiger partial charge in [-0.05, 0) is 67.8 Å². The number of aliphatic carboxylic acids is 1. The van der Waals surface area contributed by atoms with E-state index in [1.807, 2.05) is 6.92 Å². The number of amides is 1. The lowest BCUT2D eigenvalue weighted by atomic mass is 9.45. The molecule has 37 heavy (non-hydrogen) atoms. The van der Waals surface area contributed by atoms with Gasteiger partial charge in [0.05, 0.1) is 12.5 Å². The van der Waals surface area contributed by atoms with Gasteiger partial charge in [-0.2, -0.15) is 0 Å². The van der Waals surface area contributed by atoms with Crippen LogP contribution in [0.2, 0.25) is 0 Å². The molecule has 0 heterocycles. The van der Waals surface area contributed by atoms with E-state index in [1.165, 1.54) is 0 Å². The van der Waals surface area contributed by atoms with E-state index < -0.39 is 53.9 Å². The molecule has 4 aliphatic rings. The minimum absolute atomic E-state index is 0.0134. The third-order valence-electron chi connectivity index (χ3n) is 9.87. The molecule has 10 heteroatoms. The minimum Gasteiger partial charge on any atom is -0.480 e. The molecule has 204 valence electrons. The number of carbonyl (C=O) groups is 5. The number of allylic oxidation sites excluding steroid dienone is 1. The van der Waals surface area contributed by atoms with Crippen LogP contribution in [-0.4, -0.2) is 69.6 Å². The molecule has 0 aliphatic heterocycles. The smallest absolute Gasteiger partial charge is 0.322 e. The van der Waals surface area contributed by atoms with Crippen molar-refractivity contribution in [3.63, 3.8) is 0 Å². The fraction of sp³-hybridized carbons (Fsp3) is 0.741. The highest BCUT2D eigenvalue weighted by molar-refractivity contribution is 5.92. The van der Waals surface area contributed by atoms with Crippen molar-refractivity contribution in [2.45, 2.75) is 83.3 Å². The van der Waals surface area contributed by atoms with Crippen LogP contribution in [0, 0.1) is 28.6 Å². The zero-order chi connectivity index (χ0) is 27.2. The lowest BCUT2D eigenvalue weighted by molar-refractivity contribution is -0.184. The molecule has 0 aromatic heterocycles. The van der Waals surface area contributed by atoms with Gasteiger partial charge in [-0.15, -0.1) is 0 Å². The van der Waals surface area contributed by atoms with Crippen LogP contribution in [0.25, 0.3) is 0 Å². The van der Waals surface area contributed by atoms with Gasteiger partial charge in [-0.25, -0.2) is 0 Å². The molecule has 1 amide bonds. The Bertz CT molecular complexity index is 1040. The second-order valence-electron chi connectivity index (χ2n) is 11.7. The minimum atomic E-state index is -1.75. The normalized spacial score (nSPS) is 38.5. The maximum absolute atomic E-state index is 13.2. The second kappa shape index (κ2) is 9.94. The SMILES string of the molecule is C[C@]12CCC(=O)C=C1CCC1C2C(O)C[C@@]2(C)C1CC[C@]2(O)C(=O)COC(=O)CCC(=O)NCC(=O)O. The number of fused-ring (bicyclic) bond motifs is 5. The van der Waals surface area contributed by atoms with Crippen LogP contribution in [-0.2, 0) is 28.7 Å². The monoisotopic (exact) mass is 519 g/mol. The standard InChI is InChI=1S/C27H37NO9/c1-25-9-7-16(29)11-15(25)3-4-17-18-8-10-27(36,26(18,2)12-19(30)24(17)25)20(31)14-37-23(35)6-5-21(32)28-13-22(33)34/h11,17-19,24,30,36H,3-10,12-14H2,1-2H3,(H,28,32)(H,33,34)/t17?,18?,19?,24?,25-,26-,27-/m0/s1. The molecule has 3 fully saturated rings. The summed E-state index contributed by atoms with van der Waals surface area (Å²) in [5.41, 5.74) is -1.78. The van der Waals surface area contributed by atoms with Crippen LogP contribution in [0.5, 0.6) is 0 Å². The van der Waals surface area contributed by atoms with E-state index in [2.05, 4.69) is 12.2 Å². The fourth-order valence-corrected chi connectivity index (χ4v) is 7.97. The Kier molecular flexibility index (Phi) is 7.38. The van der Waals surface area contributed by atoms with Crippen molar-refractivity contribution in [1.29, 1.82) is 0 Å². The number of carboxylic acid groups (broad SMARTS) is 1. The highest BCUT2D eigenvalue weighted by Gasteiger charge is 2.68. The molecule has 4 unspecified atom stereocenters. The first-order chi connectivity index (χ1) is 17.3. The van der Waals surface area contributed by atoms with E-state index >= 15 is 0 Å². The molecule has 4 aliphatic carbocycles. The number of carboxylic acids is 1. The molecule has 4 rings (SSSR count). The summed E-state index contributed by atoms with van der Waals surface area (Å²) in [7, 11) is 0. The number of nitrogens with one attached hydrogen (secondary N) is 1. The lowest BCUT2D eigenvalue weighted by Gasteiger charge is -2.60. The molecule has 7 atom stereocenters. The van der Waals surface area contributed by atoms with Crippen molar-refractivity contribution < 1.29 is 44.0 Å². The van der Waals surface area contributed by atoms with Crippen molar-refractivity contribution in [1.82, 2.24) is 5.32 Å². The number of hydrogen-bond acceptors (Lipinski definition) is 8. The van der Waals surface area contributed by atoms with Gasteiger partial charge in [0.1, 0.15) is 12.1 Å². The topological polar surface area (TPSA) is 167 Å². The quantitative estimate of drug-likeness (QED) is 0.346. The highest BCUT2D eigenvalue weighted by atomic mass is 16.5. The van der Waals surface area contributed by atoms with Gasteiger partial charge in [-0.3, -0.25) is 24.0 Å². The molecule has 0 spiro atoms. The highest BCUT2D eigenvalue weighted by Crippen LogP contribution is 2.67. The summed E-state index contributed by atoms with van der Waals surface area (Å²) in [6, 6.07) is 0. The van der Waals surface area contributed by atoms with E-state index in [0.717, 1.165) is 18.4 Å². The largest absolute Gasteiger partial charge is 0.480 e. The number of ether oxygens (including phenoxy) is 1. The van der Waals surface area contributed by atoms with Crippen molar-refractivity contribution >= 4 is 29.4 Å². The summed E-state index contributed by atoms with van der Waals surface area (Å²) >= 11 is 0. The third-order valence-corrected chi connectivity index (χ3v) is 9.87. The Morgan fingerprint density at radius 3 is 2.54 bits per heavy atom. The van der Waals surface area contributed by atoms with Crippen LogP contribution >= 0.6 is 0 Å². The van der Waals surface area contributed by atoms with E-state index in [9.17, 15) is 34.2 Å². The molecular weight excluding hydrogens is 482 g/mol. The fourth-order valence-electron chi connectivity index (χ4n) is 7.97. The Hall–Kier alpha value is -2.59. The Balaban J connectivity index is 1.41. The molecular formula is C27H37NO9. The van der Waals surface area contributed by atoms with Crippen molar-refractivity contribution in [3.8, 4) is 0 Å². The van der Waals surface area contributed by atoms with Gasteiger partial charge in [-0.1, -0.05) is 19.4 Å². The summed E-state index contributed by atoms with van der Waals surface area (Å²) in [6.45, 7) is 2.81. The zero-order valence-corrected chi connectivity index (χ0v) is 21.5. The average molecular weight is 520 g/mol. The molecule has 0 saturated heterocycles. The van der Waals surface area contributed by atoms with Crippen LogP contribution in [0.15, 0.2) is 11.6 Å². The molecule has 3 saturated carbocycles. The van der Waals surface area contributed by atoms with E-state index in [4.69, 9.17) is 9.84 Å². The Labute approximate surface area is 215 Å². The van der Waals surface area contributed by atoms with Crippen molar-refractivity contribution in [2.24, 2.45) is 28.6 Å². The van der Waals surface area contributed by atoms with Gasteiger partial charge < -0.3 is 25.4 Å². The molecule has 4 N–H and O–H groups in total. The predicted octanol–water partition coefficient (Wildman–Crippen LogP) is 1.31. The van der Waals surface area contributed by atoms with Gasteiger partial charge in [0.2, 0.25) is 11.7 Å². The Morgan fingerprint density at radius 2 is 1.84 bits per heavy atom. The number of esters is 1. The van der Waals surface area contributed by atoms with Crippen LogP contribution in [0.1, 0.15) is 71.6 Å². The lowest BCUT2D eigenvalue weighted by Crippen LogP contribution is -2.62. The number of rotatable bonds is 8. The Morgan fingerprint density at radius 1 is 1.11 bits per heavy atom. The first kappa shape index (κ1) is 27.4. The number of ketones is 2. The number of Topliss-reactive ketones (excluding diaryl/α,β-unsaturated/α-hetero) is 1. The van der Waals surface area contributed by atoms with Gasteiger partial charge in [0.25, 0.3) is 0 Å². The maximum atomic E-state index is 13.2. The van der Waals surface area contributed by atoms with Crippen LogP contribution in [0.3, 0.4) is 0 Å². The van der Waals surface area contributed by atoms with E-state index in [0.29, 0.717) is 19.3 Å². The van der Waals surface area contributed by atoms with E-state index in [1.54, 1.807) is 6.08 Å². The van der Waals surface area contributed by atoms with Gasteiger partial charge in [0.15, 0.2) is 12.4 Å². The number of hydrogen-bond donors (Lipinski definition) is 4. The van der Waals surface area contributed by atoms with Crippen LogP contribution in [0.4, 0.5) is 0 Å². The molecule has 0 bridgehead atoms. The average Bonchev–Trinajstić information content (AvgIpc) is 3.11. The zero-order valence-electron chi connectivity index (χ0n) is 21.5. The summed E-state index contributed by atoms with van der Waals surface area (Å²) < 4.78 is 5.07. The summed E-state index contributed by atoms with van der Waals surface area (Å²) in [5.74, 6) is -3.01. The summed E-state index contributed by atoms with van der Waals surface area (Å²) in [6.07, 6.45) is 4.24.